The van der Waals surface area contributed by atoms with Gasteiger partial charge in [-0.1, -0.05) is 30.3 Å². The second kappa shape index (κ2) is 8.62. The van der Waals surface area contributed by atoms with Crippen molar-refractivity contribution < 1.29 is 9.59 Å². The van der Waals surface area contributed by atoms with E-state index in [0.29, 0.717) is 22.3 Å². The number of H-pyrrole nitrogens is 1. The van der Waals surface area contributed by atoms with Gasteiger partial charge in [0.15, 0.2) is 0 Å². The van der Waals surface area contributed by atoms with Crippen LogP contribution in [0.5, 0.6) is 0 Å². The third-order valence-electron chi connectivity index (χ3n) is 4.95. The van der Waals surface area contributed by atoms with E-state index >= 15 is 0 Å². The lowest BCUT2D eigenvalue weighted by Gasteiger charge is -2.23. The van der Waals surface area contributed by atoms with Crippen molar-refractivity contribution in [1.82, 2.24) is 25.1 Å². The van der Waals surface area contributed by atoms with Gasteiger partial charge in [0.1, 0.15) is 5.82 Å². The molecule has 4 aromatic rings. The highest BCUT2D eigenvalue weighted by molar-refractivity contribution is 6.40. The number of pyridine rings is 2. The lowest BCUT2D eigenvalue weighted by molar-refractivity contribution is -0.144. The molecular formula is C22H21N7O2. The van der Waals surface area contributed by atoms with Gasteiger partial charge in [0.25, 0.3) is 0 Å². The minimum Gasteiger partial charge on any atom is -0.383 e. The molecule has 0 aliphatic rings. The summed E-state index contributed by atoms with van der Waals surface area (Å²) in [5.74, 6) is -1.19. The fourth-order valence-corrected chi connectivity index (χ4v) is 3.25. The summed E-state index contributed by atoms with van der Waals surface area (Å²) in [4.78, 5) is 35.8. The van der Waals surface area contributed by atoms with Crippen molar-refractivity contribution in [2.75, 3.05) is 11.1 Å². The van der Waals surface area contributed by atoms with E-state index in [2.05, 4.69) is 25.5 Å². The first-order valence-corrected chi connectivity index (χ1v) is 9.65. The molecule has 2 amide bonds. The van der Waals surface area contributed by atoms with Crippen LogP contribution in [0.15, 0.2) is 61.1 Å². The summed E-state index contributed by atoms with van der Waals surface area (Å²) in [5.41, 5.74) is 9.32. The summed E-state index contributed by atoms with van der Waals surface area (Å²) in [5, 5.41) is 9.89. The molecule has 9 heteroatoms. The van der Waals surface area contributed by atoms with Crippen LogP contribution < -0.4 is 11.1 Å². The van der Waals surface area contributed by atoms with Gasteiger partial charge >= 0.3 is 11.8 Å². The quantitative estimate of drug-likeness (QED) is 0.429. The lowest BCUT2D eigenvalue weighted by atomic mass is 10.1. The van der Waals surface area contributed by atoms with Gasteiger partial charge in [-0.05, 0) is 30.2 Å². The molecule has 31 heavy (non-hydrogen) atoms. The summed E-state index contributed by atoms with van der Waals surface area (Å²) in [6.07, 6.45) is 4.56. The fourth-order valence-electron chi connectivity index (χ4n) is 3.25. The van der Waals surface area contributed by atoms with Gasteiger partial charge in [-0.15, -0.1) is 0 Å². The minimum atomic E-state index is -0.785. The van der Waals surface area contributed by atoms with Crippen molar-refractivity contribution in [3.05, 3.63) is 77.9 Å². The lowest BCUT2D eigenvalue weighted by Crippen LogP contribution is -2.39. The number of aryl methyl sites for hydroxylation is 1. The predicted octanol–water partition coefficient (Wildman–Crippen LogP) is 2.41. The maximum atomic E-state index is 13.1. The SMILES string of the molecule is Cc1ccccc1CN(Cc1ccccn1)C(=O)C(=O)Nc1cnc(N)c2cn[nH]c12. The molecule has 0 aliphatic carbocycles. The maximum Gasteiger partial charge on any atom is 0.314 e. The Hall–Kier alpha value is -4.27. The summed E-state index contributed by atoms with van der Waals surface area (Å²) < 4.78 is 0. The number of amides is 2. The molecule has 3 aromatic heterocycles. The number of hydrogen-bond donors (Lipinski definition) is 3. The van der Waals surface area contributed by atoms with Crippen LogP contribution in [0.4, 0.5) is 11.5 Å². The molecule has 0 saturated heterocycles. The Balaban J connectivity index is 1.59. The third-order valence-corrected chi connectivity index (χ3v) is 4.95. The zero-order valence-electron chi connectivity index (χ0n) is 16.9. The fraction of sp³-hybridized carbons (Fsp3) is 0.136. The number of rotatable bonds is 5. The van der Waals surface area contributed by atoms with Gasteiger partial charge in [-0.3, -0.25) is 19.7 Å². The summed E-state index contributed by atoms with van der Waals surface area (Å²) in [6.45, 7) is 2.43. The van der Waals surface area contributed by atoms with Crippen molar-refractivity contribution in [1.29, 1.82) is 0 Å². The number of nitrogens with zero attached hydrogens (tertiary/aromatic N) is 4. The van der Waals surface area contributed by atoms with E-state index in [1.165, 1.54) is 17.3 Å². The van der Waals surface area contributed by atoms with Crippen LogP contribution in [0, 0.1) is 6.92 Å². The zero-order chi connectivity index (χ0) is 21.8. The number of fused-ring (bicyclic) bond motifs is 1. The smallest absolute Gasteiger partial charge is 0.314 e. The number of aromatic nitrogens is 4. The van der Waals surface area contributed by atoms with Crippen molar-refractivity contribution >= 4 is 34.2 Å². The number of benzene rings is 1. The van der Waals surface area contributed by atoms with Gasteiger partial charge in [-0.2, -0.15) is 5.10 Å². The van der Waals surface area contributed by atoms with Crippen LogP contribution in [0.3, 0.4) is 0 Å². The predicted molar refractivity (Wildman–Crippen MR) is 117 cm³/mol. The van der Waals surface area contributed by atoms with Gasteiger partial charge in [-0.25, -0.2) is 4.98 Å². The average molecular weight is 415 g/mol. The number of nitrogens with one attached hydrogen (secondary N) is 2. The molecule has 4 rings (SSSR count). The first kappa shape index (κ1) is 20.0. The van der Waals surface area contributed by atoms with Crippen molar-refractivity contribution in [3.8, 4) is 0 Å². The van der Waals surface area contributed by atoms with E-state index in [9.17, 15) is 9.59 Å². The van der Waals surface area contributed by atoms with Gasteiger partial charge in [0.2, 0.25) is 0 Å². The first-order chi connectivity index (χ1) is 15.0. The number of nitrogen functional groups attached to an aromatic ring is 1. The summed E-state index contributed by atoms with van der Waals surface area (Å²) in [6, 6.07) is 13.2. The van der Waals surface area contributed by atoms with E-state index in [-0.39, 0.29) is 18.9 Å². The molecule has 0 radical (unpaired) electrons. The van der Waals surface area contributed by atoms with Gasteiger partial charge < -0.3 is 16.0 Å². The molecular weight excluding hydrogens is 394 g/mol. The molecule has 0 saturated carbocycles. The Kier molecular flexibility index (Phi) is 5.57. The highest BCUT2D eigenvalue weighted by Gasteiger charge is 2.24. The Labute approximate surface area is 178 Å². The third kappa shape index (κ3) is 4.35. The van der Waals surface area contributed by atoms with Crippen LogP contribution in [0.1, 0.15) is 16.8 Å². The molecule has 0 spiro atoms. The standard InChI is InChI=1S/C22H21N7O2/c1-14-6-2-3-7-15(14)12-29(13-16-8-4-5-9-24-16)22(31)21(30)27-18-11-25-20(23)17-10-26-28-19(17)18/h2-11H,12-13H2,1H3,(H2,23,25)(H,26,28)(H,27,30). The summed E-state index contributed by atoms with van der Waals surface area (Å²) in [7, 11) is 0. The second-order valence-electron chi connectivity index (χ2n) is 7.08. The molecule has 0 aliphatic heterocycles. The number of carbonyl (C=O) groups is 2. The molecule has 9 nitrogen and oxygen atoms in total. The van der Waals surface area contributed by atoms with Crippen molar-refractivity contribution in [3.63, 3.8) is 0 Å². The first-order valence-electron chi connectivity index (χ1n) is 9.65. The van der Waals surface area contributed by atoms with Gasteiger partial charge in [0, 0.05) is 12.7 Å². The van der Waals surface area contributed by atoms with Gasteiger partial charge in [0.05, 0.1) is 41.2 Å². The minimum absolute atomic E-state index is 0.195. The highest BCUT2D eigenvalue weighted by atomic mass is 16.2. The van der Waals surface area contributed by atoms with E-state index in [1.54, 1.807) is 12.3 Å². The van der Waals surface area contributed by atoms with Crippen LogP contribution in [-0.2, 0) is 22.7 Å². The monoisotopic (exact) mass is 415 g/mol. The van der Waals surface area contributed by atoms with Crippen molar-refractivity contribution in [2.24, 2.45) is 0 Å². The molecule has 0 bridgehead atoms. The normalized spacial score (nSPS) is 10.7. The van der Waals surface area contributed by atoms with Crippen LogP contribution in [-0.4, -0.2) is 36.9 Å². The van der Waals surface area contributed by atoms with Crippen LogP contribution >= 0.6 is 0 Å². The average Bonchev–Trinajstić information content (AvgIpc) is 3.28. The molecule has 156 valence electrons. The Morgan fingerprint density at radius 3 is 2.65 bits per heavy atom. The molecule has 0 atom stereocenters. The topological polar surface area (TPSA) is 130 Å². The molecule has 4 N–H and O–H groups in total. The van der Waals surface area contributed by atoms with E-state index in [4.69, 9.17) is 5.73 Å². The highest BCUT2D eigenvalue weighted by Crippen LogP contribution is 2.24. The number of aromatic amines is 1. The maximum absolute atomic E-state index is 13.1. The van der Waals surface area contributed by atoms with E-state index in [0.717, 1.165) is 11.1 Å². The largest absolute Gasteiger partial charge is 0.383 e. The number of nitrogens with two attached hydrogens (primary N) is 1. The van der Waals surface area contributed by atoms with E-state index in [1.807, 2.05) is 43.3 Å². The van der Waals surface area contributed by atoms with Crippen molar-refractivity contribution in [2.45, 2.75) is 20.0 Å². The summed E-state index contributed by atoms with van der Waals surface area (Å²) >= 11 is 0. The van der Waals surface area contributed by atoms with E-state index < -0.39 is 11.8 Å². The zero-order valence-corrected chi connectivity index (χ0v) is 16.9. The molecule has 1 aromatic carbocycles. The Morgan fingerprint density at radius 1 is 1.06 bits per heavy atom. The Morgan fingerprint density at radius 2 is 1.87 bits per heavy atom. The van der Waals surface area contributed by atoms with Crippen LogP contribution in [0.2, 0.25) is 0 Å². The molecule has 3 heterocycles. The molecule has 0 unspecified atom stereocenters. The number of carbonyl (C=O) groups excluding carboxylic acids is 2. The van der Waals surface area contributed by atoms with Crippen LogP contribution in [0.25, 0.3) is 10.9 Å². The Bertz CT molecular complexity index is 1240. The molecule has 0 fully saturated rings. The second-order valence-corrected chi connectivity index (χ2v) is 7.08. The number of anilines is 2. The number of hydrogen-bond acceptors (Lipinski definition) is 6.